The van der Waals surface area contributed by atoms with Crippen LogP contribution in [0.15, 0.2) is 24.3 Å². The molecule has 128 valence electrons. The second-order valence-electron chi connectivity index (χ2n) is 6.10. The second-order valence-corrected chi connectivity index (χ2v) is 6.10. The molecule has 24 heavy (non-hydrogen) atoms. The predicted octanol–water partition coefficient (Wildman–Crippen LogP) is 2.08. The van der Waals surface area contributed by atoms with Gasteiger partial charge in [-0.2, -0.15) is 5.26 Å². The van der Waals surface area contributed by atoms with Crippen LogP contribution in [0.3, 0.4) is 0 Å². The number of nitriles is 1. The Morgan fingerprint density at radius 3 is 2.92 bits per heavy atom. The van der Waals surface area contributed by atoms with Crippen LogP contribution in [0.25, 0.3) is 0 Å². The SMILES string of the molecule is CC(Oc1cccc(C#N)c1)C(=O)N1CCCCC1C1OCCO1. The normalized spacial score (nSPS) is 22.8. The summed E-state index contributed by atoms with van der Waals surface area (Å²) in [4.78, 5) is 14.7. The molecule has 0 bridgehead atoms. The number of amides is 1. The summed E-state index contributed by atoms with van der Waals surface area (Å²) in [5, 5.41) is 8.96. The van der Waals surface area contributed by atoms with Gasteiger partial charge in [-0.3, -0.25) is 4.79 Å². The van der Waals surface area contributed by atoms with E-state index in [-0.39, 0.29) is 18.2 Å². The molecule has 2 fully saturated rings. The summed E-state index contributed by atoms with van der Waals surface area (Å²) < 4.78 is 17.0. The standard InChI is InChI=1S/C18H22N2O4/c1-13(24-15-6-4-5-14(11-15)12-19)17(21)20-8-3-2-7-16(20)18-22-9-10-23-18/h4-6,11,13,16,18H,2-3,7-10H2,1H3. The van der Waals surface area contributed by atoms with Gasteiger partial charge in [0, 0.05) is 6.54 Å². The van der Waals surface area contributed by atoms with Crippen LogP contribution in [0, 0.1) is 11.3 Å². The van der Waals surface area contributed by atoms with E-state index in [0.29, 0.717) is 31.1 Å². The maximum absolute atomic E-state index is 12.8. The lowest BCUT2D eigenvalue weighted by Crippen LogP contribution is -2.53. The first-order chi connectivity index (χ1) is 11.7. The summed E-state index contributed by atoms with van der Waals surface area (Å²) >= 11 is 0. The topological polar surface area (TPSA) is 71.8 Å². The lowest BCUT2D eigenvalue weighted by molar-refractivity contribution is -0.156. The highest BCUT2D eigenvalue weighted by atomic mass is 16.7. The number of likely N-dealkylation sites (tertiary alicyclic amines) is 1. The van der Waals surface area contributed by atoms with Crippen LogP contribution in [0.4, 0.5) is 0 Å². The van der Waals surface area contributed by atoms with Crippen molar-refractivity contribution in [2.75, 3.05) is 19.8 Å². The summed E-state index contributed by atoms with van der Waals surface area (Å²) in [5.74, 6) is 0.456. The fraction of sp³-hybridized carbons (Fsp3) is 0.556. The van der Waals surface area contributed by atoms with E-state index in [0.717, 1.165) is 19.3 Å². The Morgan fingerprint density at radius 2 is 2.17 bits per heavy atom. The lowest BCUT2D eigenvalue weighted by atomic mass is 10.0. The summed E-state index contributed by atoms with van der Waals surface area (Å²) in [6.45, 7) is 3.59. The molecular weight excluding hydrogens is 308 g/mol. The van der Waals surface area contributed by atoms with Crippen LogP contribution in [0.1, 0.15) is 31.7 Å². The van der Waals surface area contributed by atoms with E-state index in [4.69, 9.17) is 19.5 Å². The van der Waals surface area contributed by atoms with Gasteiger partial charge >= 0.3 is 0 Å². The summed E-state index contributed by atoms with van der Waals surface area (Å²) in [6, 6.07) is 8.86. The van der Waals surface area contributed by atoms with Crippen LogP contribution in [0.2, 0.25) is 0 Å². The maximum Gasteiger partial charge on any atom is 0.263 e. The molecule has 3 rings (SSSR count). The molecule has 0 saturated carbocycles. The molecule has 6 heteroatoms. The molecule has 0 N–H and O–H groups in total. The zero-order chi connectivity index (χ0) is 16.9. The molecule has 0 spiro atoms. The number of ether oxygens (including phenoxy) is 3. The number of nitrogens with zero attached hydrogens (tertiary/aromatic N) is 2. The van der Waals surface area contributed by atoms with E-state index in [9.17, 15) is 4.79 Å². The zero-order valence-electron chi connectivity index (χ0n) is 13.8. The van der Waals surface area contributed by atoms with E-state index in [2.05, 4.69) is 6.07 Å². The van der Waals surface area contributed by atoms with E-state index < -0.39 is 6.10 Å². The van der Waals surface area contributed by atoms with Crippen LogP contribution in [-0.4, -0.2) is 49.0 Å². The van der Waals surface area contributed by atoms with E-state index >= 15 is 0 Å². The van der Waals surface area contributed by atoms with Gasteiger partial charge in [0.15, 0.2) is 12.4 Å². The molecule has 2 aliphatic rings. The van der Waals surface area contributed by atoms with Crippen molar-refractivity contribution in [1.82, 2.24) is 4.90 Å². The quantitative estimate of drug-likeness (QED) is 0.845. The van der Waals surface area contributed by atoms with Crippen molar-refractivity contribution >= 4 is 5.91 Å². The summed E-state index contributed by atoms with van der Waals surface area (Å²) in [7, 11) is 0. The van der Waals surface area contributed by atoms with Crippen LogP contribution >= 0.6 is 0 Å². The Kier molecular flexibility index (Phi) is 5.34. The third-order valence-electron chi connectivity index (χ3n) is 4.42. The number of hydrogen-bond donors (Lipinski definition) is 0. The molecule has 1 amide bonds. The van der Waals surface area contributed by atoms with Crippen molar-refractivity contribution in [3.05, 3.63) is 29.8 Å². The number of hydrogen-bond acceptors (Lipinski definition) is 5. The Balaban J connectivity index is 1.67. The number of carbonyl (C=O) groups excluding carboxylic acids is 1. The molecule has 2 heterocycles. The van der Waals surface area contributed by atoms with Crippen LogP contribution in [0.5, 0.6) is 5.75 Å². The Hall–Kier alpha value is -2.10. The van der Waals surface area contributed by atoms with Crippen molar-refractivity contribution in [2.45, 2.75) is 44.6 Å². The highest BCUT2D eigenvalue weighted by Crippen LogP contribution is 2.26. The van der Waals surface area contributed by atoms with Gasteiger partial charge in [0.2, 0.25) is 0 Å². The third kappa shape index (κ3) is 3.69. The Labute approximate surface area is 141 Å². The van der Waals surface area contributed by atoms with Gasteiger partial charge in [-0.1, -0.05) is 6.07 Å². The minimum Gasteiger partial charge on any atom is -0.481 e. The van der Waals surface area contributed by atoms with E-state index in [1.165, 1.54) is 0 Å². The minimum absolute atomic E-state index is 0.0507. The highest BCUT2D eigenvalue weighted by molar-refractivity contribution is 5.81. The van der Waals surface area contributed by atoms with Crippen molar-refractivity contribution in [3.63, 3.8) is 0 Å². The number of benzene rings is 1. The zero-order valence-corrected chi connectivity index (χ0v) is 13.8. The van der Waals surface area contributed by atoms with Gasteiger partial charge in [-0.25, -0.2) is 0 Å². The first kappa shape index (κ1) is 16.7. The molecule has 2 unspecified atom stereocenters. The van der Waals surface area contributed by atoms with Gasteiger partial charge < -0.3 is 19.1 Å². The monoisotopic (exact) mass is 330 g/mol. The van der Waals surface area contributed by atoms with Gasteiger partial charge in [0.05, 0.1) is 30.9 Å². The van der Waals surface area contributed by atoms with Gasteiger partial charge in [-0.15, -0.1) is 0 Å². The number of carbonyl (C=O) groups is 1. The predicted molar refractivity (Wildman–Crippen MR) is 86.3 cm³/mol. The van der Waals surface area contributed by atoms with Crippen molar-refractivity contribution in [3.8, 4) is 11.8 Å². The number of piperidine rings is 1. The molecule has 1 aromatic carbocycles. The number of rotatable bonds is 4. The molecular formula is C18H22N2O4. The third-order valence-corrected chi connectivity index (χ3v) is 4.42. The van der Waals surface area contributed by atoms with Crippen LogP contribution < -0.4 is 4.74 Å². The molecule has 2 atom stereocenters. The first-order valence-corrected chi connectivity index (χ1v) is 8.39. The van der Waals surface area contributed by atoms with Gasteiger partial charge in [0.25, 0.3) is 5.91 Å². The van der Waals surface area contributed by atoms with E-state index in [1.54, 1.807) is 31.2 Å². The Bertz CT molecular complexity index is 622. The summed E-state index contributed by atoms with van der Waals surface area (Å²) in [5.41, 5.74) is 0.510. The largest absolute Gasteiger partial charge is 0.481 e. The smallest absolute Gasteiger partial charge is 0.263 e. The molecule has 0 aromatic heterocycles. The molecule has 2 saturated heterocycles. The lowest BCUT2D eigenvalue weighted by Gasteiger charge is -2.39. The van der Waals surface area contributed by atoms with Crippen molar-refractivity contribution in [1.29, 1.82) is 5.26 Å². The second kappa shape index (κ2) is 7.65. The fourth-order valence-electron chi connectivity index (χ4n) is 3.24. The van der Waals surface area contributed by atoms with Crippen LogP contribution in [-0.2, 0) is 14.3 Å². The first-order valence-electron chi connectivity index (χ1n) is 8.39. The fourth-order valence-corrected chi connectivity index (χ4v) is 3.24. The average Bonchev–Trinajstić information content (AvgIpc) is 3.15. The molecule has 1 aromatic rings. The van der Waals surface area contributed by atoms with Gasteiger partial charge in [0.1, 0.15) is 5.75 Å². The molecule has 0 radical (unpaired) electrons. The van der Waals surface area contributed by atoms with E-state index in [1.807, 2.05) is 4.90 Å². The summed E-state index contributed by atoms with van der Waals surface area (Å²) in [6.07, 6.45) is 1.97. The Morgan fingerprint density at radius 1 is 1.38 bits per heavy atom. The average molecular weight is 330 g/mol. The minimum atomic E-state index is -0.624. The molecule has 2 aliphatic heterocycles. The van der Waals surface area contributed by atoms with Gasteiger partial charge in [-0.05, 0) is 44.4 Å². The van der Waals surface area contributed by atoms with Crippen molar-refractivity contribution in [2.24, 2.45) is 0 Å². The maximum atomic E-state index is 12.8. The molecule has 6 nitrogen and oxygen atoms in total. The highest BCUT2D eigenvalue weighted by Gasteiger charge is 2.38. The molecule has 0 aliphatic carbocycles. The van der Waals surface area contributed by atoms with Crippen molar-refractivity contribution < 1.29 is 19.0 Å².